The van der Waals surface area contributed by atoms with Crippen LogP contribution in [0.3, 0.4) is 0 Å². The van der Waals surface area contributed by atoms with Crippen LogP contribution in [0.4, 0.5) is 0 Å². The summed E-state index contributed by atoms with van der Waals surface area (Å²) in [5.41, 5.74) is 1.81. The van der Waals surface area contributed by atoms with Crippen molar-refractivity contribution in [3.8, 4) is 0 Å². The average Bonchev–Trinajstić information content (AvgIpc) is 2.89. The first-order valence-corrected chi connectivity index (χ1v) is 12.6. The summed E-state index contributed by atoms with van der Waals surface area (Å²) in [6.07, 6.45) is 6.49. The van der Waals surface area contributed by atoms with Crippen LogP contribution in [0.15, 0.2) is 60.7 Å². The molecule has 2 fully saturated rings. The molecule has 1 heterocycles. The summed E-state index contributed by atoms with van der Waals surface area (Å²) in [4.78, 5) is 40.2. The van der Waals surface area contributed by atoms with E-state index in [0.717, 1.165) is 32.1 Å². The molecule has 2 atom stereocenters. The molecule has 180 valence electrons. The molecule has 2 N–H and O–H groups in total. The molecule has 2 aromatic carbocycles. The molecule has 6 nitrogen and oxygen atoms in total. The van der Waals surface area contributed by atoms with Gasteiger partial charge in [-0.2, -0.15) is 0 Å². The number of hydrogen-bond donors (Lipinski definition) is 2. The van der Waals surface area contributed by atoms with Crippen molar-refractivity contribution < 1.29 is 14.4 Å². The summed E-state index contributed by atoms with van der Waals surface area (Å²) in [6.45, 7) is 1.26. The van der Waals surface area contributed by atoms with Crippen LogP contribution >= 0.6 is 0 Å². The van der Waals surface area contributed by atoms with E-state index in [0.29, 0.717) is 37.9 Å². The lowest BCUT2D eigenvalue weighted by Crippen LogP contribution is -2.55. The zero-order chi connectivity index (χ0) is 23.8. The minimum absolute atomic E-state index is 0.0422. The summed E-state index contributed by atoms with van der Waals surface area (Å²) < 4.78 is 0. The predicted molar refractivity (Wildman–Crippen MR) is 132 cm³/mol. The van der Waals surface area contributed by atoms with E-state index in [1.165, 1.54) is 5.56 Å². The lowest BCUT2D eigenvalue weighted by Gasteiger charge is -2.36. The molecule has 1 saturated carbocycles. The molecule has 2 aromatic rings. The van der Waals surface area contributed by atoms with Gasteiger partial charge in [0.05, 0.1) is 0 Å². The van der Waals surface area contributed by atoms with Gasteiger partial charge >= 0.3 is 0 Å². The Kier molecular flexibility index (Phi) is 8.34. The van der Waals surface area contributed by atoms with Gasteiger partial charge in [0.1, 0.15) is 0 Å². The van der Waals surface area contributed by atoms with E-state index < -0.39 is 0 Å². The van der Waals surface area contributed by atoms with Gasteiger partial charge in [-0.3, -0.25) is 14.4 Å². The van der Waals surface area contributed by atoms with Gasteiger partial charge in [-0.25, -0.2) is 0 Å². The molecule has 6 heteroatoms. The van der Waals surface area contributed by atoms with Crippen molar-refractivity contribution in [2.45, 2.75) is 63.5 Å². The Morgan fingerprint density at radius 1 is 0.765 bits per heavy atom. The largest absolute Gasteiger partial charge is 0.351 e. The normalized spacial score (nSPS) is 21.0. The van der Waals surface area contributed by atoms with E-state index in [4.69, 9.17) is 0 Å². The second-order valence-electron chi connectivity index (χ2n) is 9.49. The second-order valence-corrected chi connectivity index (χ2v) is 9.49. The minimum Gasteiger partial charge on any atom is -0.351 e. The number of likely N-dealkylation sites (tertiary alicyclic amines) is 1. The van der Waals surface area contributed by atoms with E-state index >= 15 is 0 Å². The molecule has 0 radical (unpaired) electrons. The van der Waals surface area contributed by atoms with Crippen molar-refractivity contribution >= 4 is 17.7 Å². The van der Waals surface area contributed by atoms with Crippen molar-refractivity contribution in [2.24, 2.45) is 5.92 Å². The van der Waals surface area contributed by atoms with E-state index in [-0.39, 0.29) is 35.7 Å². The quantitative estimate of drug-likeness (QED) is 0.660. The summed E-state index contributed by atoms with van der Waals surface area (Å²) in [7, 11) is 0. The standard InChI is InChI=1S/C28H35N3O3/c32-26(16-15-21-9-3-1-4-10-21)31-19-17-23(18-20-31)28(34)30-25-14-8-7-13-24(25)29-27(33)22-11-5-2-6-12-22/h1-6,9-12,23-25H,7-8,13-20H2,(H,29,33)(H,30,34)/t24-,25?/m1/s1. The fraction of sp³-hybridized carbons (Fsp3) is 0.464. The molecule has 0 aromatic heterocycles. The topological polar surface area (TPSA) is 78.5 Å². The first kappa shape index (κ1) is 24.0. The molecule has 1 aliphatic heterocycles. The third-order valence-electron chi connectivity index (χ3n) is 7.13. The molecule has 0 bridgehead atoms. The number of carbonyl (C=O) groups excluding carboxylic acids is 3. The number of benzene rings is 2. The number of nitrogens with zero attached hydrogens (tertiary/aromatic N) is 1. The van der Waals surface area contributed by atoms with Gasteiger partial charge in [0.2, 0.25) is 11.8 Å². The smallest absolute Gasteiger partial charge is 0.251 e. The van der Waals surface area contributed by atoms with Gasteiger partial charge in [-0.1, -0.05) is 61.4 Å². The fourth-order valence-electron chi connectivity index (χ4n) is 5.06. The third kappa shape index (κ3) is 6.46. The number of piperidine rings is 1. The van der Waals surface area contributed by atoms with Crippen molar-refractivity contribution in [3.63, 3.8) is 0 Å². The van der Waals surface area contributed by atoms with Crippen LogP contribution in [-0.2, 0) is 16.0 Å². The third-order valence-corrected chi connectivity index (χ3v) is 7.13. The van der Waals surface area contributed by atoms with Crippen LogP contribution in [-0.4, -0.2) is 47.8 Å². The van der Waals surface area contributed by atoms with Crippen LogP contribution in [0.1, 0.15) is 60.9 Å². The number of aryl methyl sites for hydroxylation is 1. The first-order chi connectivity index (χ1) is 16.6. The maximum absolute atomic E-state index is 13.0. The fourth-order valence-corrected chi connectivity index (χ4v) is 5.06. The van der Waals surface area contributed by atoms with E-state index in [1.807, 2.05) is 53.4 Å². The summed E-state index contributed by atoms with van der Waals surface area (Å²) >= 11 is 0. The molecular weight excluding hydrogens is 426 g/mol. The second kappa shape index (κ2) is 11.8. The van der Waals surface area contributed by atoms with Crippen molar-refractivity contribution in [3.05, 3.63) is 71.8 Å². The lowest BCUT2D eigenvalue weighted by molar-refractivity contribution is -0.135. The number of nitrogens with one attached hydrogen (secondary N) is 2. The Labute approximate surface area is 202 Å². The van der Waals surface area contributed by atoms with Gasteiger partial charge in [0.15, 0.2) is 0 Å². The Bertz CT molecular complexity index is 955. The van der Waals surface area contributed by atoms with Crippen molar-refractivity contribution in [1.82, 2.24) is 15.5 Å². The molecule has 0 spiro atoms. The van der Waals surface area contributed by atoms with Crippen LogP contribution in [0.2, 0.25) is 0 Å². The highest BCUT2D eigenvalue weighted by molar-refractivity contribution is 5.94. The van der Waals surface area contributed by atoms with E-state index in [9.17, 15) is 14.4 Å². The maximum atomic E-state index is 13.0. The Morgan fingerprint density at radius 2 is 1.35 bits per heavy atom. The Balaban J connectivity index is 1.23. The maximum Gasteiger partial charge on any atom is 0.251 e. The molecule has 1 aliphatic carbocycles. The van der Waals surface area contributed by atoms with Gasteiger partial charge in [-0.15, -0.1) is 0 Å². The van der Waals surface area contributed by atoms with Crippen molar-refractivity contribution in [1.29, 1.82) is 0 Å². The van der Waals surface area contributed by atoms with Crippen LogP contribution < -0.4 is 10.6 Å². The first-order valence-electron chi connectivity index (χ1n) is 12.6. The number of amides is 3. The number of carbonyl (C=O) groups is 3. The highest BCUT2D eigenvalue weighted by Gasteiger charge is 2.32. The predicted octanol–water partition coefficient (Wildman–Crippen LogP) is 3.72. The summed E-state index contributed by atoms with van der Waals surface area (Å²) in [5, 5.41) is 6.37. The SMILES string of the molecule is O=C(N[C@@H]1CCCCC1NC(=O)C1CCN(C(=O)CCc2ccccc2)CC1)c1ccccc1. The van der Waals surface area contributed by atoms with E-state index in [2.05, 4.69) is 10.6 Å². The minimum atomic E-state index is -0.0888. The highest BCUT2D eigenvalue weighted by Crippen LogP contribution is 2.23. The van der Waals surface area contributed by atoms with Crippen LogP contribution in [0.5, 0.6) is 0 Å². The number of rotatable bonds is 7. The van der Waals surface area contributed by atoms with Gasteiger partial charge in [-0.05, 0) is 49.8 Å². The van der Waals surface area contributed by atoms with Crippen molar-refractivity contribution in [2.75, 3.05) is 13.1 Å². The molecule has 1 saturated heterocycles. The average molecular weight is 462 g/mol. The monoisotopic (exact) mass is 461 g/mol. The summed E-state index contributed by atoms with van der Waals surface area (Å²) in [5.74, 6) is 0.0561. The molecule has 34 heavy (non-hydrogen) atoms. The zero-order valence-corrected chi connectivity index (χ0v) is 19.7. The van der Waals surface area contributed by atoms with Gasteiger partial charge in [0.25, 0.3) is 5.91 Å². The highest BCUT2D eigenvalue weighted by atomic mass is 16.2. The molecule has 2 aliphatic rings. The van der Waals surface area contributed by atoms with Crippen LogP contribution in [0.25, 0.3) is 0 Å². The van der Waals surface area contributed by atoms with Gasteiger partial charge in [0, 0.05) is 43.1 Å². The molecular formula is C28H35N3O3. The van der Waals surface area contributed by atoms with Gasteiger partial charge < -0.3 is 15.5 Å². The Morgan fingerprint density at radius 3 is 2.00 bits per heavy atom. The Hall–Kier alpha value is -3.15. The van der Waals surface area contributed by atoms with E-state index in [1.54, 1.807) is 12.1 Å². The zero-order valence-electron chi connectivity index (χ0n) is 19.7. The summed E-state index contributed by atoms with van der Waals surface area (Å²) in [6, 6.07) is 19.2. The van der Waals surface area contributed by atoms with Crippen LogP contribution in [0, 0.1) is 5.92 Å². The molecule has 3 amide bonds. The molecule has 1 unspecified atom stereocenters. The number of hydrogen-bond acceptors (Lipinski definition) is 3. The lowest BCUT2D eigenvalue weighted by atomic mass is 9.88. The molecule has 4 rings (SSSR count).